The van der Waals surface area contributed by atoms with E-state index in [2.05, 4.69) is 47.4 Å². The zero-order valence-electron chi connectivity index (χ0n) is 34.3. The van der Waals surface area contributed by atoms with Crippen molar-refractivity contribution in [3.05, 3.63) is 23.8 Å². The number of aliphatic hydroxyl groups is 1. The van der Waals surface area contributed by atoms with Gasteiger partial charge in [-0.2, -0.15) is 15.0 Å². The Labute approximate surface area is 351 Å². The van der Waals surface area contributed by atoms with Crippen LogP contribution in [0.5, 0.6) is 0 Å². The minimum absolute atomic E-state index is 0. The van der Waals surface area contributed by atoms with Crippen molar-refractivity contribution in [1.29, 1.82) is 0 Å². The lowest BCUT2D eigenvalue weighted by molar-refractivity contribution is -0.368. The van der Waals surface area contributed by atoms with Crippen molar-refractivity contribution in [3.8, 4) is 12.3 Å². The van der Waals surface area contributed by atoms with Gasteiger partial charge in [0, 0.05) is 84.3 Å². The van der Waals surface area contributed by atoms with Crippen molar-refractivity contribution in [2.24, 2.45) is 5.92 Å². The largest absolute Gasteiger partial charge is 1.00 e. The molecule has 2 aliphatic rings. The van der Waals surface area contributed by atoms with Gasteiger partial charge in [-0.25, -0.2) is 9.36 Å². The molecule has 0 bridgehead atoms. The Morgan fingerprint density at radius 1 is 0.831 bits per heavy atom. The third-order valence-corrected chi connectivity index (χ3v) is 9.77. The van der Waals surface area contributed by atoms with E-state index in [9.17, 15) is 14.7 Å². The van der Waals surface area contributed by atoms with E-state index in [4.69, 9.17) is 35.6 Å². The third-order valence-electron chi connectivity index (χ3n) is 9.77. The van der Waals surface area contributed by atoms with Crippen LogP contribution in [0.25, 0.3) is 0 Å². The number of rotatable bonds is 24. The molecule has 326 valence electrons. The number of hydrogen-bond acceptors (Lipinski definition) is 16. The average molecular weight is 846 g/mol. The number of carbonyl (C=O) groups is 2. The van der Waals surface area contributed by atoms with E-state index in [0.29, 0.717) is 122 Å². The second-order valence-corrected chi connectivity index (χ2v) is 14.4. The summed E-state index contributed by atoms with van der Waals surface area (Å²) in [7, 11) is 0. The highest BCUT2D eigenvalue weighted by molar-refractivity contribution is 5.81. The number of aliphatic hydroxyl groups excluding tert-OH is 1. The Morgan fingerprint density at radius 3 is 2.07 bits per heavy atom. The standard InChI is InChI=1S/C37H59N15O6.ClH/c1-4-20-56-22-24-58-25-23-57-21-10-39-35-40-36(49-15-11-47(12-16-49)32(54)28-51-26-30(43-45-51)7-5-6-9-38)42-37(41-35)50-17-13-48(14-18-50)34(55)33(29(2)3)52-27-31(8-19-53)44-46-52;/h1,26-27,29,33,53H,5-25,28,38H2,2-3H3,(H,39,40,41,42);1H/t33-;/m1./s1. The second-order valence-electron chi connectivity index (χ2n) is 14.4. The van der Waals surface area contributed by atoms with E-state index in [1.807, 2.05) is 29.8 Å². The number of quaternary nitrogens is 1. The number of halogens is 1. The zero-order chi connectivity index (χ0) is 41.1. The summed E-state index contributed by atoms with van der Waals surface area (Å²) in [4.78, 5) is 49.3. The fourth-order valence-corrected chi connectivity index (χ4v) is 6.63. The molecule has 0 spiro atoms. The lowest BCUT2D eigenvalue weighted by atomic mass is 10.0. The number of carbonyl (C=O) groups excluding carboxylic acids is 2. The SMILES string of the molecule is C#CCOCCOCCOCCNc1nc(N2CCN(C(=O)Cn3cc(CCCC[NH3+])nn3)CC2)nc(N2CCN(C(=O)[C@@H](C(C)C)n3cc(CCO)nn3)CC2)n1.[Cl-]. The van der Waals surface area contributed by atoms with Gasteiger partial charge < -0.3 is 62.4 Å². The molecule has 0 aromatic carbocycles. The van der Waals surface area contributed by atoms with Crippen molar-refractivity contribution in [3.63, 3.8) is 0 Å². The number of nitrogens with one attached hydrogen (secondary N) is 1. The van der Waals surface area contributed by atoms with E-state index >= 15 is 0 Å². The van der Waals surface area contributed by atoms with Gasteiger partial charge in [-0.1, -0.05) is 30.2 Å². The fraction of sp³-hybridized carbons (Fsp3) is 0.703. The Kier molecular flexibility index (Phi) is 19.9. The van der Waals surface area contributed by atoms with Crippen molar-refractivity contribution in [1.82, 2.24) is 54.7 Å². The zero-order valence-corrected chi connectivity index (χ0v) is 35.1. The first kappa shape index (κ1) is 47.0. The van der Waals surface area contributed by atoms with Gasteiger partial charge in [-0.05, 0) is 25.2 Å². The molecule has 1 atom stereocenters. The highest BCUT2D eigenvalue weighted by Gasteiger charge is 2.33. The number of aryl methyl sites for hydroxylation is 1. The third kappa shape index (κ3) is 14.5. The summed E-state index contributed by atoms with van der Waals surface area (Å²) >= 11 is 0. The van der Waals surface area contributed by atoms with Crippen molar-refractivity contribution < 1.29 is 47.0 Å². The van der Waals surface area contributed by atoms with Crippen LogP contribution in [0.3, 0.4) is 0 Å². The van der Waals surface area contributed by atoms with E-state index in [1.165, 1.54) is 0 Å². The quantitative estimate of drug-likeness (QED) is 0.0567. The summed E-state index contributed by atoms with van der Waals surface area (Å²) in [5, 5.41) is 29.3. The molecule has 2 amide bonds. The number of aromatic nitrogens is 9. The number of unbranched alkanes of at least 4 members (excludes halogenated alkanes) is 1. The van der Waals surface area contributed by atoms with Crippen LogP contribution in [0.15, 0.2) is 12.4 Å². The lowest BCUT2D eigenvalue weighted by Gasteiger charge is -2.38. The summed E-state index contributed by atoms with van der Waals surface area (Å²) in [5.41, 5.74) is 5.41. The Hall–Kier alpha value is -4.72. The normalized spacial score (nSPS) is 15.0. The molecule has 0 unspecified atom stereocenters. The number of ether oxygens (including phenoxy) is 3. The van der Waals surface area contributed by atoms with Gasteiger partial charge in [-0.15, -0.1) is 16.6 Å². The smallest absolute Gasteiger partial charge is 0.247 e. The summed E-state index contributed by atoms with van der Waals surface area (Å²) in [5.74, 6) is 3.77. The van der Waals surface area contributed by atoms with E-state index in [1.54, 1.807) is 15.6 Å². The van der Waals surface area contributed by atoms with Gasteiger partial charge in [0.2, 0.25) is 29.7 Å². The summed E-state index contributed by atoms with van der Waals surface area (Å²) in [6.45, 7) is 11.9. The van der Waals surface area contributed by atoms with E-state index in [-0.39, 0.29) is 49.9 Å². The van der Waals surface area contributed by atoms with Crippen molar-refractivity contribution in [2.45, 2.75) is 52.1 Å². The van der Waals surface area contributed by atoms with Gasteiger partial charge in [0.15, 0.2) is 0 Å². The van der Waals surface area contributed by atoms with Gasteiger partial charge >= 0.3 is 0 Å². The van der Waals surface area contributed by atoms with E-state index < -0.39 is 6.04 Å². The van der Waals surface area contributed by atoms with Crippen LogP contribution in [-0.2, 0) is 43.2 Å². The van der Waals surface area contributed by atoms with Crippen LogP contribution >= 0.6 is 0 Å². The first-order valence-corrected chi connectivity index (χ1v) is 20.2. The van der Waals surface area contributed by atoms with Crippen LogP contribution in [0, 0.1) is 18.3 Å². The van der Waals surface area contributed by atoms with Crippen LogP contribution in [-0.4, -0.2) is 183 Å². The first-order valence-electron chi connectivity index (χ1n) is 20.2. The molecule has 2 aliphatic heterocycles. The van der Waals surface area contributed by atoms with Crippen molar-refractivity contribution in [2.75, 3.05) is 127 Å². The molecule has 22 heteroatoms. The molecular weight excluding hydrogens is 786 g/mol. The predicted molar refractivity (Wildman–Crippen MR) is 213 cm³/mol. The van der Waals surface area contributed by atoms with Gasteiger partial charge in [0.25, 0.3) is 0 Å². The molecule has 3 aromatic rings. The molecule has 5 N–H and O–H groups in total. The summed E-state index contributed by atoms with van der Waals surface area (Å²) in [6, 6.07) is -0.513. The molecule has 0 aliphatic carbocycles. The molecule has 2 fully saturated rings. The summed E-state index contributed by atoms with van der Waals surface area (Å²) < 4.78 is 19.7. The van der Waals surface area contributed by atoms with Gasteiger partial charge in [0.05, 0.1) is 51.0 Å². The van der Waals surface area contributed by atoms with Crippen molar-refractivity contribution >= 4 is 29.7 Å². The molecule has 0 saturated carbocycles. The number of terminal acetylenes is 1. The number of piperazine rings is 2. The molecule has 5 heterocycles. The number of anilines is 3. The maximum absolute atomic E-state index is 13.8. The predicted octanol–water partition coefficient (Wildman–Crippen LogP) is -4.85. The second kappa shape index (κ2) is 25.0. The highest BCUT2D eigenvalue weighted by atomic mass is 35.5. The topological polar surface area (TPSA) is 235 Å². The number of hydrogen-bond donors (Lipinski definition) is 3. The Morgan fingerprint density at radius 2 is 1.44 bits per heavy atom. The molecule has 0 radical (unpaired) electrons. The number of nitrogens with zero attached hydrogens (tertiary/aromatic N) is 13. The van der Waals surface area contributed by atoms with Gasteiger partial charge in [0.1, 0.15) is 19.2 Å². The molecule has 5 rings (SSSR count). The average Bonchev–Trinajstić information content (AvgIpc) is 3.89. The highest BCUT2D eigenvalue weighted by Crippen LogP contribution is 2.24. The molecule has 3 aromatic heterocycles. The Bertz CT molecular complexity index is 1740. The first-order chi connectivity index (χ1) is 28.3. The maximum Gasteiger partial charge on any atom is 0.247 e. The van der Waals surface area contributed by atoms with Gasteiger partial charge in [-0.3, -0.25) is 9.59 Å². The minimum Gasteiger partial charge on any atom is -1.00 e. The van der Waals surface area contributed by atoms with E-state index in [0.717, 1.165) is 31.5 Å². The Balaban J connectivity index is 0.00000769. The lowest BCUT2D eigenvalue weighted by Crippen LogP contribution is -3.00. The maximum atomic E-state index is 13.8. The fourth-order valence-electron chi connectivity index (χ4n) is 6.63. The van der Waals surface area contributed by atoms with Crippen LogP contribution in [0.2, 0.25) is 0 Å². The number of amides is 2. The van der Waals surface area contributed by atoms with Crippen LogP contribution < -0.4 is 33.3 Å². The molecule has 2 saturated heterocycles. The van der Waals surface area contributed by atoms with Crippen LogP contribution in [0.1, 0.15) is 44.1 Å². The molecule has 59 heavy (non-hydrogen) atoms. The van der Waals surface area contributed by atoms with Crippen LogP contribution in [0.4, 0.5) is 17.8 Å². The summed E-state index contributed by atoms with van der Waals surface area (Å²) in [6.07, 6.45) is 12.0. The molecule has 21 nitrogen and oxygen atoms in total. The minimum atomic E-state index is -0.513. The monoisotopic (exact) mass is 845 g/mol. The molecular formula is C37H60ClN15O6.